The number of hydrogen-bond donors (Lipinski definition) is 2. The lowest BCUT2D eigenvalue weighted by Gasteiger charge is -2.11. The van der Waals surface area contributed by atoms with E-state index in [4.69, 9.17) is 16.3 Å². The molecular weight excluding hydrogens is 280 g/mol. The number of H-pyrrole nitrogens is 1. The van der Waals surface area contributed by atoms with E-state index >= 15 is 0 Å². The molecule has 1 unspecified atom stereocenters. The predicted octanol–water partition coefficient (Wildman–Crippen LogP) is 2.10. The molecule has 2 N–H and O–H groups in total. The smallest absolute Gasteiger partial charge is 0.224 e. The molecule has 106 valence electrons. The molecular formula is C13H15ClN4O2. The lowest BCUT2D eigenvalue weighted by Crippen LogP contribution is -2.28. The van der Waals surface area contributed by atoms with Crippen LogP contribution in [0.15, 0.2) is 30.6 Å². The van der Waals surface area contributed by atoms with Crippen molar-refractivity contribution in [2.45, 2.75) is 19.4 Å². The number of para-hydroxylation sites is 1. The number of carbonyl (C=O) groups excluding carboxylic acids is 1. The molecule has 0 aliphatic heterocycles. The van der Waals surface area contributed by atoms with Crippen molar-refractivity contribution in [3.05, 3.63) is 41.4 Å². The number of nitrogens with zero attached hydrogens (tertiary/aromatic N) is 2. The molecule has 1 aromatic carbocycles. The summed E-state index contributed by atoms with van der Waals surface area (Å²) < 4.78 is 5.45. The Labute approximate surface area is 121 Å². The highest BCUT2D eigenvalue weighted by molar-refractivity contribution is 6.32. The van der Waals surface area contributed by atoms with Crippen molar-refractivity contribution in [1.82, 2.24) is 20.5 Å². The zero-order chi connectivity index (χ0) is 14.4. The fourth-order valence-electron chi connectivity index (χ4n) is 1.62. The minimum absolute atomic E-state index is 0.124. The Morgan fingerprint density at radius 3 is 3.00 bits per heavy atom. The molecule has 0 fully saturated rings. The number of hydrogen-bond acceptors (Lipinski definition) is 4. The van der Waals surface area contributed by atoms with Gasteiger partial charge >= 0.3 is 0 Å². The summed E-state index contributed by atoms with van der Waals surface area (Å²) in [6.45, 7) is 2.09. The van der Waals surface area contributed by atoms with E-state index < -0.39 is 0 Å². The number of benzene rings is 1. The third-order valence-corrected chi connectivity index (χ3v) is 2.96. The zero-order valence-corrected chi connectivity index (χ0v) is 11.7. The summed E-state index contributed by atoms with van der Waals surface area (Å²) in [4.78, 5) is 15.7. The number of aromatic amines is 1. The number of aromatic nitrogens is 3. The van der Waals surface area contributed by atoms with Crippen LogP contribution in [0, 0.1) is 0 Å². The fourth-order valence-corrected chi connectivity index (χ4v) is 1.81. The van der Waals surface area contributed by atoms with Crippen molar-refractivity contribution in [2.75, 3.05) is 6.61 Å². The second-order valence-electron chi connectivity index (χ2n) is 4.19. The number of nitrogens with one attached hydrogen (secondary N) is 2. The van der Waals surface area contributed by atoms with Gasteiger partial charge < -0.3 is 10.1 Å². The quantitative estimate of drug-likeness (QED) is 0.855. The molecule has 0 saturated carbocycles. The van der Waals surface area contributed by atoms with E-state index in [1.165, 1.54) is 6.33 Å². The van der Waals surface area contributed by atoms with E-state index in [-0.39, 0.29) is 25.0 Å². The van der Waals surface area contributed by atoms with Crippen LogP contribution in [0.5, 0.6) is 5.75 Å². The standard InChI is InChI=1S/C13H15ClN4O2/c1-9(13-15-8-16-18-13)17-12(19)6-7-20-11-5-3-2-4-10(11)14/h2-5,8-9H,6-7H2,1H3,(H,17,19)(H,15,16,18). The van der Waals surface area contributed by atoms with E-state index in [1.54, 1.807) is 12.1 Å². The summed E-state index contributed by atoms with van der Waals surface area (Å²) in [6, 6.07) is 6.93. The summed E-state index contributed by atoms with van der Waals surface area (Å²) in [5, 5.41) is 9.77. The number of rotatable bonds is 6. The van der Waals surface area contributed by atoms with E-state index in [0.717, 1.165) is 0 Å². The van der Waals surface area contributed by atoms with E-state index in [0.29, 0.717) is 16.6 Å². The molecule has 1 aromatic heterocycles. The molecule has 20 heavy (non-hydrogen) atoms. The Morgan fingerprint density at radius 2 is 2.30 bits per heavy atom. The first-order valence-corrected chi connectivity index (χ1v) is 6.56. The number of carbonyl (C=O) groups is 1. The highest BCUT2D eigenvalue weighted by Crippen LogP contribution is 2.23. The van der Waals surface area contributed by atoms with Crippen molar-refractivity contribution < 1.29 is 9.53 Å². The predicted molar refractivity (Wildman–Crippen MR) is 74.5 cm³/mol. The summed E-state index contributed by atoms with van der Waals surface area (Å²) in [5.74, 6) is 1.07. The summed E-state index contributed by atoms with van der Waals surface area (Å²) in [5.41, 5.74) is 0. The van der Waals surface area contributed by atoms with E-state index in [1.807, 2.05) is 19.1 Å². The van der Waals surface area contributed by atoms with Crippen molar-refractivity contribution in [3.8, 4) is 5.75 Å². The third kappa shape index (κ3) is 3.96. The average Bonchev–Trinajstić information content (AvgIpc) is 2.95. The van der Waals surface area contributed by atoms with Gasteiger partial charge in [0.1, 0.15) is 17.9 Å². The summed E-state index contributed by atoms with van der Waals surface area (Å²) in [6.07, 6.45) is 1.64. The molecule has 0 aliphatic rings. The lowest BCUT2D eigenvalue weighted by molar-refractivity contribution is -0.122. The van der Waals surface area contributed by atoms with E-state index in [2.05, 4.69) is 20.5 Å². The minimum Gasteiger partial charge on any atom is -0.491 e. The van der Waals surface area contributed by atoms with Gasteiger partial charge in [-0.05, 0) is 19.1 Å². The van der Waals surface area contributed by atoms with Crippen LogP contribution in [0.3, 0.4) is 0 Å². The minimum atomic E-state index is -0.217. The maximum absolute atomic E-state index is 11.7. The Morgan fingerprint density at radius 1 is 1.50 bits per heavy atom. The first-order chi connectivity index (χ1) is 9.66. The molecule has 1 amide bonds. The van der Waals surface area contributed by atoms with Gasteiger partial charge in [0.25, 0.3) is 0 Å². The Balaban J connectivity index is 1.74. The van der Waals surface area contributed by atoms with Gasteiger partial charge in [-0.1, -0.05) is 23.7 Å². The van der Waals surface area contributed by atoms with Gasteiger partial charge in [0.2, 0.25) is 5.91 Å². The van der Waals surface area contributed by atoms with Gasteiger partial charge in [-0.25, -0.2) is 4.98 Å². The van der Waals surface area contributed by atoms with Gasteiger partial charge in [0.05, 0.1) is 24.1 Å². The number of amides is 1. The lowest BCUT2D eigenvalue weighted by atomic mass is 10.3. The molecule has 2 rings (SSSR count). The molecule has 2 aromatic rings. The summed E-state index contributed by atoms with van der Waals surface area (Å²) in [7, 11) is 0. The first-order valence-electron chi connectivity index (χ1n) is 6.19. The molecule has 0 bridgehead atoms. The summed E-state index contributed by atoms with van der Waals surface area (Å²) >= 11 is 5.95. The van der Waals surface area contributed by atoms with Crippen molar-refractivity contribution in [3.63, 3.8) is 0 Å². The van der Waals surface area contributed by atoms with Crippen LogP contribution in [-0.2, 0) is 4.79 Å². The molecule has 1 heterocycles. The molecule has 0 radical (unpaired) electrons. The second-order valence-corrected chi connectivity index (χ2v) is 4.60. The van der Waals surface area contributed by atoms with Crippen LogP contribution in [0.4, 0.5) is 0 Å². The number of ether oxygens (including phenoxy) is 1. The van der Waals surface area contributed by atoms with Gasteiger partial charge in [0, 0.05) is 0 Å². The van der Waals surface area contributed by atoms with Crippen molar-refractivity contribution in [1.29, 1.82) is 0 Å². The van der Waals surface area contributed by atoms with Crippen LogP contribution in [0.25, 0.3) is 0 Å². The van der Waals surface area contributed by atoms with E-state index in [9.17, 15) is 4.79 Å². The third-order valence-electron chi connectivity index (χ3n) is 2.64. The molecule has 0 spiro atoms. The Kier molecular flexibility index (Phi) is 4.95. The van der Waals surface area contributed by atoms with Gasteiger partial charge in [-0.3, -0.25) is 9.89 Å². The van der Waals surface area contributed by atoms with Gasteiger partial charge in [-0.2, -0.15) is 5.10 Å². The maximum Gasteiger partial charge on any atom is 0.224 e. The van der Waals surface area contributed by atoms with Crippen LogP contribution in [0.1, 0.15) is 25.2 Å². The second kappa shape index (κ2) is 6.91. The zero-order valence-electron chi connectivity index (χ0n) is 11.0. The van der Waals surface area contributed by atoms with Crippen LogP contribution >= 0.6 is 11.6 Å². The normalized spacial score (nSPS) is 11.9. The molecule has 6 nitrogen and oxygen atoms in total. The number of halogens is 1. The molecule has 0 saturated heterocycles. The average molecular weight is 295 g/mol. The maximum atomic E-state index is 11.7. The molecule has 1 atom stereocenters. The van der Waals surface area contributed by atoms with Crippen molar-refractivity contribution in [2.24, 2.45) is 0 Å². The SMILES string of the molecule is CC(NC(=O)CCOc1ccccc1Cl)c1ncn[nH]1. The van der Waals surface area contributed by atoms with Gasteiger partial charge in [-0.15, -0.1) is 0 Å². The van der Waals surface area contributed by atoms with Crippen LogP contribution < -0.4 is 10.1 Å². The highest BCUT2D eigenvalue weighted by Gasteiger charge is 2.11. The monoisotopic (exact) mass is 294 g/mol. The first kappa shape index (κ1) is 14.3. The Bertz CT molecular complexity index is 559. The molecule has 0 aliphatic carbocycles. The largest absolute Gasteiger partial charge is 0.491 e. The molecule has 7 heteroatoms. The fraction of sp³-hybridized carbons (Fsp3) is 0.308. The van der Waals surface area contributed by atoms with Crippen molar-refractivity contribution >= 4 is 17.5 Å². The van der Waals surface area contributed by atoms with Crippen LogP contribution in [0.2, 0.25) is 5.02 Å². The van der Waals surface area contributed by atoms with Crippen LogP contribution in [-0.4, -0.2) is 27.7 Å². The Hall–Kier alpha value is -2.08. The topological polar surface area (TPSA) is 79.9 Å². The highest BCUT2D eigenvalue weighted by atomic mass is 35.5. The van der Waals surface area contributed by atoms with Gasteiger partial charge in [0.15, 0.2) is 0 Å².